The van der Waals surface area contributed by atoms with Gasteiger partial charge in [0.15, 0.2) is 0 Å². The number of primary amides is 1. The number of amides is 1. The van der Waals surface area contributed by atoms with Crippen LogP contribution < -0.4 is 10.5 Å². The van der Waals surface area contributed by atoms with Crippen LogP contribution in [0.2, 0.25) is 0 Å². The van der Waals surface area contributed by atoms with Gasteiger partial charge < -0.3 is 10.3 Å². The molecule has 0 radical (unpaired) electrons. The van der Waals surface area contributed by atoms with Crippen LogP contribution >= 0.6 is 0 Å². The first-order valence-electron chi connectivity index (χ1n) is 10.1. The molecule has 1 amide bonds. The second-order valence-electron chi connectivity index (χ2n) is 7.91. The first-order valence-corrected chi connectivity index (χ1v) is 12.0. The summed E-state index contributed by atoms with van der Waals surface area (Å²) >= 11 is 0. The summed E-state index contributed by atoms with van der Waals surface area (Å²) in [5.41, 5.74) is 4.27. The van der Waals surface area contributed by atoms with E-state index in [2.05, 4.69) is 4.72 Å². The van der Waals surface area contributed by atoms with Crippen molar-refractivity contribution >= 4 is 38.2 Å². The van der Waals surface area contributed by atoms with Gasteiger partial charge in [-0.2, -0.15) is 13.2 Å². The molecule has 0 spiro atoms. The molecule has 0 bridgehead atoms. The molecular weight excluding hydrogens is 501 g/mol. The molecule has 1 heterocycles. The number of nitrogens with one attached hydrogen (secondary N) is 1. The van der Waals surface area contributed by atoms with Crippen LogP contribution in [0.1, 0.15) is 16.1 Å². The van der Waals surface area contributed by atoms with Crippen LogP contribution in [0.5, 0.6) is 0 Å². The van der Waals surface area contributed by atoms with Crippen molar-refractivity contribution in [1.82, 2.24) is 4.57 Å². The van der Waals surface area contributed by atoms with Gasteiger partial charge in [-0.1, -0.05) is 18.2 Å². The molecule has 9 nitrogen and oxygen atoms in total. The smallest absolute Gasteiger partial charge is 0.364 e. The van der Waals surface area contributed by atoms with E-state index in [0.717, 1.165) is 18.4 Å². The predicted octanol–water partition coefficient (Wildman–Crippen LogP) is 4.69. The van der Waals surface area contributed by atoms with Gasteiger partial charge in [0.25, 0.3) is 11.6 Å². The van der Waals surface area contributed by atoms with Gasteiger partial charge in [-0.25, -0.2) is 8.42 Å². The Morgan fingerprint density at radius 1 is 1.06 bits per heavy atom. The van der Waals surface area contributed by atoms with Crippen molar-refractivity contribution in [3.63, 3.8) is 0 Å². The van der Waals surface area contributed by atoms with Gasteiger partial charge in [-0.05, 0) is 47.5 Å². The third kappa shape index (κ3) is 4.86. The number of aromatic nitrogens is 1. The lowest BCUT2D eigenvalue weighted by Crippen LogP contribution is -2.16. The summed E-state index contributed by atoms with van der Waals surface area (Å²) in [5, 5.41) is 11.6. The molecule has 0 atom stereocenters. The van der Waals surface area contributed by atoms with Crippen molar-refractivity contribution < 1.29 is 31.3 Å². The Morgan fingerprint density at radius 2 is 1.78 bits per heavy atom. The minimum Gasteiger partial charge on any atom is -0.364 e. The maximum absolute atomic E-state index is 13.8. The standard InChI is InChI=1S/C23H17F3N4O5S/c1-36(34,35)28-15-6-5-14-10-21(22(27)31)29(20(14)11-15)16-4-2-3-13(9-16)18-8-7-17(30(32)33)12-19(18)23(24,25)26/h2-12,28H,1H3,(H2,27,31). The van der Waals surface area contributed by atoms with E-state index in [1.807, 2.05) is 0 Å². The summed E-state index contributed by atoms with van der Waals surface area (Å²) in [7, 11) is -3.61. The predicted molar refractivity (Wildman–Crippen MR) is 127 cm³/mol. The van der Waals surface area contributed by atoms with Gasteiger partial charge in [-0.3, -0.25) is 19.6 Å². The monoisotopic (exact) mass is 518 g/mol. The molecule has 13 heteroatoms. The summed E-state index contributed by atoms with van der Waals surface area (Å²) in [6, 6.07) is 14.2. The molecule has 0 aliphatic carbocycles. The second-order valence-corrected chi connectivity index (χ2v) is 9.66. The summed E-state index contributed by atoms with van der Waals surface area (Å²) in [6.45, 7) is 0. The molecule has 3 aromatic carbocycles. The topological polar surface area (TPSA) is 137 Å². The van der Waals surface area contributed by atoms with Crippen molar-refractivity contribution in [2.75, 3.05) is 11.0 Å². The van der Waals surface area contributed by atoms with Gasteiger partial charge >= 0.3 is 6.18 Å². The zero-order valence-corrected chi connectivity index (χ0v) is 19.2. The van der Waals surface area contributed by atoms with Crippen molar-refractivity contribution in [3.8, 4) is 16.8 Å². The molecule has 3 N–H and O–H groups in total. The van der Waals surface area contributed by atoms with Crippen LogP contribution in [0, 0.1) is 10.1 Å². The van der Waals surface area contributed by atoms with Crippen molar-refractivity contribution in [3.05, 3.63) is 88.1 Å². The van der Waals surface area contributed by atoms with Crippen molar-refractivity contribution in [2.45, 2.75) is 6.18 Å². The Kier molecular flexibility index (Phi) is 5.96. The normalized spacial score (nSPS) is 12.0. The number of nitrogens with zero attached hydrogens (tertiary/aromatic N) is 2. The molecule has 0 aliphatic heterocycles. The summed E-state index contributed by atoms with van der Waals surface area (Å²) in [4.78, 5) is 22.3. The van der Waals surface area contributed by atoms with Crippen LogP contribution in [0.4, 0.5) is 24.5 Å². The second kappa shape index (κ2) is 8.68. The number of alkyl halides is 3. The van der Waals surface area contributed by atoms with Crippen LogP contribution in [-0.4, -0.2) is 30.1 Å². The van der Waals surface area contributed by atoms with Gasteiger partial charge in [0, 0.05) is 23.2 Å². The fraction of sp³-hybridized carbons (Fsp3) is 0.0870. The van der Waals surface area contributed by atoms with E-state index < -0.39 is 38.3 Å². The van der Waals surface area contributed by atoms with Gasteiger partial charge in [-0.15, -0.1) is 0 Å². The molecule has 36 heavy (non-hydrogen) atoms. The number of anilines is 1. The Bertz CT molecular complexity index is 1650. The van der Waals surface area contributed by atoms with E-state index in [1.54, 1.807) is 6.07 Å². The zero-order chi connectivity index (χ0) is 26.4. The first kappa shape index (κ1) is 24.7. The fourth-order valence-corrected chi connectivity index (χ4v) is 4.44. The molecule has 0 aliphatic rings. The molecule has 0 saturated heterocycles. The number of carbonyl (C=O) groups excluding carboxylic acids is 1. The van der Waals surface area contributed by atoms with Crippen LogP contribution in [0.25, 0.3) is 27.7 Å². The zero-order valence-electron chi connectivity index (χ0n) is 18.4. The molecule has 186 valence electrons. The Labute approximate surface area is 202 Å². The third-order valence-electron chi connectivity index (χ3n) is 5.29. The Balaban J connectivity index is 1.94. The average Bonchev–Trinajstić information content (AvgIpc) is 3.16. The van der Waals surface area contributed by atoms with Gasteiger partial charge in [0.1, 0.15) is 5.69 Å². The molecule has 1 aromatic heterocycles. The summed E-state index contributed by atoms with van der Waals surface area (Å²) < 4.78 is 68.3. The number of rotatable bonds is 6. The maximum Gasteiger partial charge on any atom is 0.417 e. The molecule has 0 fully saturated rings. The van der Waals surface area contributed by atoms with E-state index in [0.29, 0.717) is 17.0 Å². The number of fused-ring (bicyclic) bond motifs is 1. The molecule has 4 rings (SSSR count). The van der Waals surface area contributed by atoms with Gasteiger partial charge in [0.05, 0.1) is 27.9 Å². The molecule has 0 unspecified atom stereocenters. The van der Waals surface area contributed by atoms with E-state index in [1.165, 1.54) is 47.0 Å². The molecule has 4 aromatic rings. The highest BCUT2D eigenvalue weighted by atomic mass is 32.2. The largest absolute Gasteiger partial charge is 0.417 e. The number of nitro benzene ring substituents is 1. The number of sulfonamides is 1. The fourth-order valence-electron chi connectivity index (χ4n) is 3.88. The number of hydrogen-bond donors (Lipinski definition) is 2. The summed E-state index contributed by atoms with van der Waals surface area (Å²) in [6.07, 6.45) is -3.90. The molecular formula is C23H17F3N4O5S. The van der Waals surface area contributed by atoms with Crippen molar-refractivity contribution in [1.29, 1.82) is 0 Å². The highest BCUT2D eigenvalue weighted by Gasteiger charge is 2.35. The van der Waals surface area contributed by atoms with Crippen molar-refractivity contribution in [2.24, 2.45) is 5.73 Å². The van der Waals surface area contributed by atoms with Crippen LogP contribution in [-0.2, 0) is 16.2 Å². The van der Waals surface area contributed by atoms with Gasteiger partial charge in [0.2, 0.25) is 10.0 Å². The number of halogens is 3. The lowest BCUT2D eigenvalue weighted by atomic mass is 9.98. The number of nitrogens with two attached hydrogens (primary N) is 1. The van der Waals surface area contributed by atoms with E-state index in [-0.39, 0.29) is 28.2 Å². The summed E-state index contributed by atoms with van der Waals surface area (Å²) in [5.74, 6) is -0.819. The lowest BCUT2D eigenvalue weighted by Gasteiger charge is -2.15. The van der Waals surface area contributed by atoms with E-state index in [4.69, 9.17) is 5.73 Å². The lowest BCUT2D eigenvalue weighted by molar-refractivity contribution is -0.385. The maximum atomic E-state index is 13.8. The number of carbonyl (C=O) groups is 1. The number of hydrogen-bond acceptors (Lipinski definition) is 5. The third-order valence-corrected chi connectivity index (χ3v) is 5.90. The Hall–Kier alpha value is -4.39. The number of non-ortho nitro benzene ring substituents is 1. The number of benzene rings is 3. The SMILES string of the molecule is CS(=O)(=O)Nc1ccc2cc(C(N)=O)n(-c3cccc(-c4ccc([N+](=O)[O-])cc4C(F)(F)F)c3)c2c1. The van der Waals surface area contributed by atoms with Crippen LogP contribution in [0.15, 0.2) is 66.7 Å². The first-order chi connectivity index (χ1) is 16.7. The number of nitro groups is 1. The minimum absolute atomic E-state index is 0.0124. The minimum atomic E-state index is -4.87. The molecule has 0 saturated carbocycles. The van der Waals surface area contributed by atoms with Crippen LogP contribution in [0.3, 0.4) is 0 Å². The van der Waals surface area contributed by atoms with E-state index >= 15 is 0 Å². The quantitative estimate of drug-likeness (QED) is 0.282. The highest BCUT2D eigenvalue weighted by molar-refractivity contribution is 7.92. The Morgan fingerprint density at radius 3 is 2.39 bits per heavy atom. The average molecular weight is 518 g/mol. The highest BCUT2D eigenvalue weighted by Crippen LogP contribution is 2.40. The van der Waals surface area contributed by atoms with E-state index in [9.17, 15) is 36.5 Å².